The minimum atomic E-state index is -0.213. The summed E-state index contributed by atoms with van der Waals surface area (Å²) in [4.78, 5) is 16.1. The fourth-order valence-corrected chi connectivity index (χ4v) is 2.49. The van der Waals surface area contributed by atoms with Gasteiger partial charge < -0.3 is 15.1 Å². The van der Waals surface area contributed by atoms with Crippen LogP contribution in [0.15, 0.2) is 57.7 Å². The zero-order chi connectivity index (χ0) is 15.4. The van der Waals surface area contributed by atoms with Gasteiger partial charge in [0.15, 0.2) is 5.76 Å². The molecule has 5 nitrogen and oxygen atoms in total. The monoisotopic (exact) mass is 359 g/mol. The predicted molar refractivity (Wildman–Crippen MR) is 89.0 cm³/mol. The van der Waals surface area contributed by atoms with Crippen LogP contribution in [0.4, 0.5) is 5.69 Å². The molecular formula is C16H14BrN3O2. The van der Waals surface area contributed by atoms with Crippen LogP contribution in [-0.2, 0) is 0 Å². The fraction of sp³-hybridized carbons (Fsp3) is 0.125. The van der Waals surface area contributed by atoms with Crippen LogP contribution < -0.4 is 10.6 Å². The first kappa shape index (κ1) is 14.6. The summed E-state index contributed by atoms with van der Waals surface area (Å²) in [6.45, 7) is 1.11. The number of hydrogen-bond donors (Lipinski definition) is 2. The van der Waals surface area contributed by atoms with Crippen LogP contribution in [0.5, 0.6) is 0 Å². The maximum atomic E-state index is 11.7. The topological polar surface area (TPSA) is 67.2 Å². The molecule has 0 saturated carbocycles. The van der Waals surface area contributed by atoms with E-state index in [9.17, 15) is 4.79 Å². The van der Waals surface area contributed by atoms with Crippen molar-refractivity contribution in [2.75, 3.05) is 18.4 Å². The Balaban J connectivity index is 1.59. The molecule has 0 bridgehead atoms. The van der Waals surface area contributed by atoms with E-state index in [1.54, 1.807) is 18.3 Å². The van der Waals surface area contributed by atoms with Gasteiger partial charge in [-0.1, -0.05) is 15.9 Å². The third-order valence-electron chi connectivity index (χ3n) is 3.18. The van der Waals surface area contributed by atoms with E-state index in [-0.39, 0.29) is 5.91 Å². The number of benzene rings is 1. The van der Waals surface area contributed by atoms with E-state index in [4.69, 9.17) is 4.42 Å². The molecule has 6 heteroatoms. The van der Waals surface area contributed by atoms with Gasteiger partial charge in [-0.15, -0.1) is 0 Å². The number of nitrogens with one attached hydrogen (secondary N) is 2. The van der Waals surface area contributed by atoms with Crippen molar-refractivity contribution in [3.63, 3.8) is 0 Å². The van der Waals surface area contributed by atoms with Crippen molar-refractivity contribution in [2.45, 2.75) is 0 Å². The highest BCUT2D eigenvalue weighted by Crippen LogP contribution is 2.24. The van der Waals surface area contributed by atoms with Crippen LogP contribution in [0.25, 0.3) is 10.9 Å². The van der Waals surface area contributed by atoms with Crippen LogP contribution in [-0.4, -0.2) is 24.0 Å². The summed E-state index contributed by atoms with van der Waals surface area (Å²) in [5.41, 5.74) is 1.91. The van der Waals surface area contributed by atoms with E-state index in [2.05, 4.69) is 31.5 Å². The van der Waals surface area contributed by atoms with E-state index in [1.807, 2.05) is 24.3 Å². The second-order valence-corrected chi connectivity index (χ2v) is 5.60. The molecule has 0 fully saturated rings. The minimum absolute atomic E-state index is 0.213. The van der Waals surface area contributed by atoms with Crippen LogP contribution in [0.1, 0.15) is 10.6 Å². The third kappa shape index (κ3) is 3.28. The molecule has 2 N–H and O–H groups in total. The molecule has 0 aliphatic rings. The zero-order valence-electron chi connectivity index (χ0n) is 11.7. The first-order valence-corrected chi connectivity index (χ1v) is 7.63. The summed E-state index contributed by atoms with van der Waals surface area (Å²) in [6, 6.07) is 11.2. The quantitative estimate of drug-likeness (QED) is 0.684. The number of furan rings is 1. The lowest BCUT2D eigenvalue weighted by Gasteiger charge is -2.10. The van der Waals surface area contributed by atoms with Gasteiger partial charge in [0.1, 0.15) is 0 Å². The lowest BCUT2D eigenvalue weighted by atomic mass is 10.2. The first-order chi connectivity index (χ1) is 10.7. The molecule has 1 aromatic carbocycles. The van der Waals surface area contributed by atoms with Crippen LogP contribution in [0.2, 0.25) is 0 Å². The smallest absolute Gasteiger partial charge is 0.287 e. The standard InChI is InChI=1S/C16H14BrN3O2/c17-11-3-4-12-13(5-6-18-14(12)10-11)19-7-8-20-16(21)15-2-1-9-22-15/h1-6,9-10H,7-8H2,(H,18,19)(H,20,21). The molecule has 22 heavy (non-hydrogen) atoms. The number of aromatic nitrogens is 1. The van der Waals surface area contributed by atoms with Crippen molar-refractivity contribution in [3.05, 3.63) is 59.1 Å². The van der Waals surface area contributed by atoms with Gasteiger partial charge in [0.2, 0.25) is 0 Å². The number of amides is 1. The van der Waals surface area contributed by atoms with Gasteiger partial charge in [0.05, 0.1) is 11.8 Å². The normalized spacial score (nSPS) is 10.6. The molecule has 2 heterocycles. The predicted octanol–water partition coefficient (Wildman–Crippen LogP) is 3.43. The summed E-state index contributed by atoms with van der Waals surface area (Å²) in [7, 11) is 0. The van der Waals surface area contributed by atoms with Gasteiger partial charge in [-0.25, -0.2) is 0 Å². The molecule has 3 rings (SSSR count). The molecule has 3 aromatic rings. The Morgan fingerprint density at radius 1 is 1.23 bits per heavy atom. The van der Waals surface area contributed by atoms with Crippen LogP contribution >= 0.6 is 15.9 Å². The second-order valence-electron chi connectivity index (χ2n) is 4.68. The lowest BCUT2D eigenvalue weighted by molar-refractivity contribution is 0.0927. The number of anilines is 1. The molecule has 0 spiro atoms. The average molecular weight is 360 g/mol. The number of carbonyl (C=O) groups excluding carboxylic acids is 1. The van der Waals surface area contributed by atoms with Gasteiger partial charge in [-0.2, -0.15) is 0 Å². The summed E-state index contributed by atoms with van der Waals surface area (Å²) in [5.74, 6) is 0.106. The van der Waals surface area contributed by atoms with E-state index >= 15 is 0 Å². The summed E-state index contributed by atoms with van der Waals surface area (Å²) in [5, 5.41) is 7.15. The van der Waals surface area contributed by atoms with E-state index in [0.29, 0.717) is 18.8 Å². The van der Waals surface area contributed by atoms with Crippen molar-refractivity contribution in [1.29, 1.82) is 0 Å². The van der Waals surface area contributed by atoms with Gasteiger partial charge in [0, 0.05) is 34.8 Å². The largest absolute Gasteiger partial charge is 0.459 e. The highest BCUT2D eigenvalue weighted by molar-refractivity contribution is 9.10. The Morgan fingerprint density at radius 3 is 2.95 bits per heavy atom. The second kappa shape index (κ2) is 6.62. The SMILES string of the molecule is O=C(NCCNc1ccnc2cc(Br)ccc12)c1ccco1. The van der Waals surface area contributed by atoms with E-state index in [0.717, 1.165) is 21.1 Å². The van der Waals surface area contributed by atoms with Gasteiger partial charge in [0.25, 0.3) is 5.91 Å². The van der Waals surface area contributed by atoms with Crippen molar-refractivity contribution < 1.29 is 9.21 Å². The van der Waals surface area contributed by atoms with Gasteiger partial charge in [-0.05, 0) is 36.4 Å². The number of carbonyl (C=O) groups is 1. The molecule has 0 saturated heterocycles. The van der Waals surface area contributed by atoms with Crippen LogP contribution in [0.3, 0.4) is 0 Å². The summed E-state index contributed by atoms with van der Waals surface area (Å²) >= 11 is 3.44. The third-order valence-corrected chi connectivity index (χ3v) is 3.67. The lowest BCUT2D eigenvalue weighted by Crippen LogP contribution is -2.28. The molecule has 0 aliphatic carbocycles. The van der Waals surface area contributed by atoms with E-state index < -0.39 is 0 Å². The number of hydrogen-bond acceptors (Lipinski definition) is 4. The maximum absolute atomic E-state index is 11.7. The van der Waals surface area contributed by atoms with Crippen molar-refractivity contribution >= 4 is 38.4 Å². The van der Waals surface area contributed by atoms with Crippen molar-refractivity contribution in [2.24, 2.45) is 0 Å². The Kier molecular flexibility index (Phi) is 4.39. The molecule has 112 valence electrons. The minimum Gasteiger partial charge on any atom is -0.459 e. The molecule has 0 aliphatic heterocycles. The zero-order valence-corrected chi connectivity index (χ0v) is 13.3. The highest BCUT2D eigenvalue weighted by Gasteiger charge is 2.07. The first-order valence-electron chi connectivity index (χ1n) is 6.84. The average Bonchev–Trinajstić information content (AvgIpc) is 3.05. The van der Waals surface area contributed by atoms with Crippen LogP contribution in [0, 0.1) is 0 Å². The number of rotatable bonds is 5. The fourth-order valence-electron chi connectivity index (χ4n) is 2.14. The molecular weight excluding hydrogens is 346 g/mol. The van der Waals surface area contributed by atoms with Crippen molar-refractivity contribution in [1.82, 2.24) is 10.3 Å². The molecule has 1 amide bonds. The summed E-state index contributed by atoms with van der Waals surface area (Å²) in [6.07, 6.45) is 3.24. The number of halogens is 1. The number of pyridine rings is 1. The van der Waals surface area contributed by atoms with Gasteiger partial charge in [-0.3, -0.25) is 9.78 Å². The van der Waals surface area contributed by atoms with Gasteiger partial charge >= 0.3 is 0 Å². The molecule has 0 atom stereocenters. The highest BCUT2D eigenvalue weighted by atomic mass is 79.9. The molecule has 0 unspecified atom stereocenters. The molecule has 2 aromatic heterocycles. The Hall–Kier alpha value is -2.34. The maximum Gasteiger partial charge on any atom is 0.287 e. The number of nitrogens with zero attached hydrogens (tertiary/aromatic N) is 1. The molecule has 0 radical (unpaired) electrons. The summed E-state index contributed by atoms with van der Waals surface area (Å²) < 4.78 is 6.03. The Morgan fingerprint density at radius 2 is 2.14 bits per heavy atom. The van der Waals surface area contributed by atoms with Crippen molar-refractivity contribution in [3.8, 4) is 0 Å². The Bertz CT molecular complexity index is 787. The Labute approximate surface area is 135 Å². The number of fused-ring (bicyclic) bond motifs is 1. The van der Waals surface area contributed by atoms with E-state index in [1.165, 1.54) is 6.26 Å².